The maximum Gasteiger partial charge on any atom is 0.336 e. The Morgan fingerprint density at radius 3 is 2.62 bits per heavy atom. The molecule has 1 amide bonds. The number of benzene rings is 2. The fourth-order valence-corrected chi connectivity index (χ4v) is 2.27. The van der Waals surface area contributed by atoms with Gasteiger partial charge in [0.1, 0.15) is 0 Å². The number of hydrogen-bond donors (Lipinski definition) is 3. The van der Waals surface area contributed by atoms with Crippen LogP contribution in [0.15, 0.2) is 30.3 Å². The minimum absolute atomic E-state index is 0.0837. The van der Waals surface area contributed by atoms with Crippen LogP contribution in [0.1, 0.15) is 40.5 Å². The Kier molecular flexibility index (Phi) is 4.42. The number of anilines is 1. The van der Waals surface area contributed by atoms with Gasteiger partial charge in [-0.15, -0.1) is 0 Å². The number of unbranched alkanes of at least 4 members (excludes halogenated alkanes) is 1. The third kappa shape index (κ3) is 2.97. The Labute approximate surface area is 122 Å². The second-order valence-corrected chi connectivity index (χ2v) is 4.85. The van der Waals surface area contributed by atoms with Crippen LogP contribution in [0.3, 0.4) is 0 Å². The molecule has 5 nitrogen and oxygen atoms in total. The van der Waals surface area contributed by atoms with Crippen LogP contribution in [-0.4, -0.2) is 23.5 Å². The van der Waals surface area contributed by atoms with Crippen LogP contribution in [0.4, 0.5) is 5.69 Å². The van der Waals surface area contributed by atoms with Gasteiger partial charge in [-0.25, -0.2) is 4.79 Å². The van der Waals surface area contributed by atoms with Gasteiger partial charge in [0, 0.05) is 28.6 Å². The summed E-state index contributed by atoms with van der Waals surface area (Å²) >= 11 is 0. The van der Waals surface area contributed by atoms with Gasteiger partial charge in [-0.1, -0.05) is 25.5 Å². The highest BCUT2D eigenvalue weighted by molar-refractivity contribution is 6.16. The zero-order chi connectivity index (χ0) is 15.4. The van der Waals surface area contributed by atoms with E-state index in [1.807, 2.05) is 6.92 Å². The molecule has 0 aliphatic carbocycles. The Bertz CT molecular complexity index is 695. The summed E-state index contributed by atoms with van der Waals surface area (Å²) in [6.45, 7) is 2.60. The van der Waals surface area contributed by atoms with Gasteiger partial charge in [0.15, 0.2) is 0 Å². The summed E-state index contributed by atoms with van der Waals surface area (Å²) in [6.07, 6.45) is 1.85. The van der Waals surface area contributed by atoms with E-state index in [0.717, 1.165) is 12.8 Å². The number of nitrogens with two attached hydrogens (primary N) is 1. The number of carbonyl (C=O) groups excluding carboxylic acids is 1. The van der Waals surface area contributed by atoms with Crippen LogP contribution >= 0.6 is 0 Å². The predicted molar refractivity (Wildman–Crippen MR) is 82.6 cm³/mol. The molecule has 2 aromatic rings. The molecule has 21 heavy (non-hydrogen) atoms. The largest absolute Gasteiger partial charge is 0.478 e. The van der Waals surface area contributed by atoms with Crippen LogP contribution in [0.5, 0.6) is 0 Å². The molecule has 4 N–H and O–H groups in total. The number of nitrogens with one attached hydrogen (secondary N) is 1. The smallest absolute Gasteiger partial charge is 0.336 e. The number of rotatable bonds is 5. The molecule has 0 spiro atoms. The molecule has 5 heteroatoms. The van der Waals surface area contributed by atoms with Crippen molar-refractivity contribution in [3.05, 3.63) is 41.5 Å². The standard InChI is InChI=1S/C16H18N2O3/c1-2-3-9-18-15(19)11-7-8-13(17)10-5-4-6-12(14(10)11)16(20)21/h4-8H,2-3,9,17H2,1H3,(H,18,19)(H,20,21). The number of nitrogen functional groups attached to an aromatic ring is 1. The Hall–Kier alpha value is -2.56. The number of fused-ring (bicyclic) bond motifs is 1. The van der Waals surface area contributed by atoms with Gasteiger partial charge in [-0.3, -0.25) is 4.79 Å². The topological polar surface area (TPSA) is 92.4 Å². The summed E-state index contributed by atoms with van der Waals surface area (Å²) in [5, 5.41) is 13.1. The van der Waals surface area contributed by atoms with E-state index in [1.54, 1.807) is 24.3 Å². The zero-order valence-corrected chi connectivity index (χ0v) is 11.8. The van der Waals surface area contributed by atoms with Gasteiger partial charge in [-0.05, 0) is 24.6 Å². The number of hydrogen-bond acceptors (Lipinski definition) is 3. The minimum atomic E-state index is -1.08. The maximum atomic E-state index is 12.3. The van der Waals surface area contributed by atoms with Crippen LogP contribution in [-0.2, 0) is 0 Å². The van der Waals surface area contributed by atoms with Crippen molar-refractivity contribution in [3.63, 3.8) is 0 Å². The Morgan fingerprint density at radius 2 is 1.95 bits per heavy atom. The average Bonchev–Trinajstić information content (AvgIpc) is 2.47. The zero-order valence-electron chi connectivity index (χ0n) is 11.8. The Balaban J connectivity index is 2.56. The van der Waals surface area contributed by atoms with Crippen molar-refractivity contribution in [3.8, 4) is 0 Å². The van der Waals surface area contributed by atoms with Crippen LogP contribution in [0.2, 0.25) is 0 Å². The summed E-state index contributed by atoms with van der Waals surface area (Å²) < 4.78 is 0. The van der Waals surface area contributed by atoms with E-state index in [-0.39, 0.29) is 11.5 Å². The number of carboxylic acids is 1. The van der Waals surface area contributed by atoms with E-state index in [1.165, 1.54) is 6.07 Å². The molecule has 0 aliphatic heterocycles. The number of aromatic carboxylic acids is 1. The van der Waals surface area contributed by atoms with E-state index >= 15 is 0 Å². The second kappa shape index (κ2) is 6.26. The van der Waals surface area contributed by atoms with Crippen molar-refractivity contribution in [2.24, 2.45) is 0 Å². The highest BCUT2D eigenvalue weighted by Crippen LogP contribution is 2.28. The molecule has 2 aromatic carbocycles. The molecule has 0 atom stereocenters. The highest BCUT2D eigenvalue weighted by Gasteiger charge is 2.17. The quantitative estimate of drug-likeness (QED) is 0.582. The summed E-state index contributed by atoms with van der Waals surface area (Å²) in [7, 11) is 0. The first kappa shape index (κ1) is 14.8. The van der Waals surface area contributed by atoms with E-state index in [4.69, 9.17) is 5.73 Å². The molecule has 0 fully saturated rings. The molecule has 0 aromatic heterocycles. The SMILES string of the molecule is CCCCNC(=O)c1ccc(N)c2cccc(C(=O)O)c12. The van der Waals surface area contributed by atoms with Crippen molar-refractivity contribution < 1.29 is 14.7 Å². The first-order chi connectivity index (χ1) is 10.1. The lowest BCUT2D eigenvalue weighted by molar-refractivity contribution is 0.0699. The maximum absolute atomic E-state index is 12.3. The second-order valence-electron chi connectivity index (χ2n) is 4.85. The normalized spacial score (nSPS) is 10.5. The van der Waals surface area contributed by atoms with Gasteiger partial charge in [0.25, 0.3) is 5.91 Å². The minimum Gasteiger partial charge on any atom is -0.478 e. The molecule has 0 saturated heterocycles. The number of carboxylic acid groups (broad SMARTS) is 1. The fourth-order valence-electron chi connectivity index (χ4n) is 2.27. The van der Waals surface area contributed by atoms with Crippen molar-refractivity contribution in [2.45, 2.75) is 19.8 Å². The van der Waals surface area contributed by atoms with E-state index < -0.39 is 5.97 Å². The summed E-state index contributed by atoms with van der Waals surface area (Å²) in [4.78, 5) is 23.7. The monoisotopic (exact) mass is 286 g/mol. The molecular formula is C16H18N2O3. The lowest BCUT2D eigenvalue weighted by atomic mass is 9.97. The van der Waals surface area contributed by atoms with Crippen LogP contribution in [0.25, 0.3) is 10.8 Å². The van der Waals surface area contributed by atoms with Gasteiger partial charge in [0.2, 0.25) is 0 Å². The third-order valence-corrected chi connectivity index (χ3v) is 3.37. The molecule has 0 unspecified atom stereocenters. The highest BCUT2D eigenvalue weighted by atomic mass is 16.4. The van der Waals surface area contributed by atoms with Crippen molar-refractivity contribution in [1.29, 1.82) is 0 Å². The molecule has 0 aliphatic rings. The molecule has 0 bridgehead atoms. The van der Waals surface area contributed by atoms with Gasteiger partial charge in [0.05, 0.1) is 5.56 Å². The summed E-state index contributed by atoms with van der Waals surface area (Å²) in [6, 6.07) is 8.03. The molecule has 0 saturated carbocycles. The van der Waals surface area contributed by atoms with E-state index in [0.29, 0.717) is 28.6 Å². The van der Waals surface area contributed by atoms with Crippen molar-refractivity contribution >= 4 is 28.3 Å². The fraction of sp³-hybridized carbons (Fsp3) is 0.250. The van der Waals surface area contributed by atoms with Crippen LogP contribution < -0.4 is 11.1 Å². The van der Waals surface area contributed by atoms with Gasteiger partial charge >= 0.3 is 5.97 Å². The first-order valence-corrected chi connectivity index (χ1v) is 6.89. The van der Waals surface area contributed by atoms with Crippen molar-refractivity contribution in [1.82, 2.24) is 5.32 Å². The molecular weight excluding hydrogens is 268 g/mol. The molecule has 110 valence electrons. The van der Waals surface area contributed by atoms with E-state index in [9.17, 15) is 14.7 Å². The lowest BCUT2D eigenvalue weighted by Gasteiger charge is -2.11. The average molecular weight is 286 g/mol. The van der Waals surface area contributed by atoms with Gasteiger partial charge < -0.3 is 16.2 Å². The number of carbonyl (C=O) groups is 2. The molecule has 0 heterocycles. The van der Waals surface area contributed by atoms with Crippen LogP contribution in [0, 0.1) is 0 Å². The van der Waals surface area contributed by atoms with Gasteiger partial charge in [-0.2, -0.15) is 0 Å². The first-order valence-electron chi connectivity index (χ1n) is 6.89. The number of amides is 1. The van der Waals surface area contributed by atoms with Crippen molar-refractivity contribution in [2.75, 3.05) is 12.3 Å². The molecule has 2 rings (SSSR count). The Morgan fingerprint density at radius 1 is 1.19 bits per heavy atom. The third-order valence-electron chi connectivity index (χ3n) is 3.37. The van der Waals surface area contributed by atoms with E-state index in [2.05, 4.69) is 5.32 Å². The molecule has 0 radical (unpaired) electrons. The summed E-state index contributed by atoms with van der Waals surface area (Å²) in [5.41, 5.74) is 6.77. The predicted octanol–water partition coefficient (Wildman–Crippen LogP) is 2.65. The summed E-state index contributed by atoms with van der Waals surface area (Å²) in [5.74, 6) is -1.35. The lowest BCUT2D eigenvalue weighted by Crippen LogP contribution is -2.25.